The molecule has 2 atom stereocenters. The average Bonchev–Trinajstić information content (AvgIpc) is 2.97. The lowest BCUT2D eigenvalue weighted by molar-refractivity contribution is -0.120. The van der Waals surface area contributed by atoms with Crippen molar-refractivity contribution in [2.24, 2.45) is 11.8 Å². The van der Waals surface area contributed by atoms with Gasteiger partial charge in [0.05, 0.1) is 20.8 Å². The quantitative estimate of drug-likeness (QED) is 0.475. The second-order valence-electron chi connectivity index (χ2n) is 9.66. The van der Waals surface area contributed by atoms with Crippen molar-refractivity contribution in [3.8, 4) is 0 Å². The first-order chi connectivity index (χ1) is 16.8. The maximum atomic E-state index is 13.6. The van der Waals surface area contributed by atoms with Crippen molar-refractivity contribution in [2.75, 3.05) is 5.32 Å². The van der Waals surface area contributed by atoms with E-state index < -0.39 is 44.0 Å². The Bertz CT molecular complexity index is 1300. The lowest BCUT2D eigenvalue weighted by Crippen LogP contribution is -2.48. The Balaban J connectivity index is 1.57. The molecular formula is C25H25ClF3NO5S. The number of sulfone groups is 1. The van der Waals surface area contributed by atoms with Gasteiger partial charge in [-0.15, -0.1) is 0 Å². The number of rotatable bonds is 7. The number of amides is 1. The molecule has 0 radical (unpaired) electrons. The fourth-order valence-corrected chi connectivity index (χ4v) is 7.92. The number of Topliss-reactive ketones (excluding diaryl/α,β-unsaturated/α-hetero) is 1. The summed E-state index contributed by atoms with van der Waals surface area (Å²) in [6.45, 7) is 1.45. The highest BCUT2D eigenvalue weighted by atomic mass is 35.5. The van der Waals surface area contributed by atoms with Gasteiger partial charge in [0.2, 0.25) is 0 Å². The van der Waals surface area contributed by atoms with E-state index in [0.29, 0.717) is 31.4 Å². The molecule has 2 aliphatic carbocycles. The van der Waals surface area contributed by atoms with Crippen LogP contribution < -0.4 is 5.32 Å². The number of anilines is 1. The third-order valence-corrected chi connectivity index (χ3v) is 10.1. The molecule has 0 spiro atoms. The van der Waals surface area contributed by atoms with Gasteiger partial charge in [-0.05, 0) is 69.1 Å². The third kappa shape index (κ3) is 4.90. The van der Waals surface area contributed by atoms with Crippen LogP contribution in [0.2, 0.25) is 5.02 Å². The van der Waals surface area contributed by atoms with Crippen LogP contribution in [0.25, 0.3) is 0 Å². The SMILES string of the molecule is CC(=O)CCC1(O)C2CCC1CC(S(=O)(=O)c1cc(C(=O)Nc3cc(F)c(F)c(F)c3)ccc1Cl)C2. The average molecular weight is 544 g/mol. The Morgan fingerprint density at radius 1 is 1.08 bits per heavy atom. The van der Waals surface area contributed by atoms with Crippen molar-refractivity contribution in [1.82, 2.24) is 0 Å². The highest BCUT2D eigenvalue weighted by Gasteiger charge is 2.55. The topological polar surface area (TPSA) is 101 Å². The highest BCUT2D eigenvalue weighted by molar-refractivity contribution is 7.92. The Morgan fingerprint density at radius 3 is 2.22 bits per heavy atom. The molecule has 2 saturated carbocycles. The molecule has 6 nitrogen and oxygen atoms in total. The second kappa shape index (κ2) is 9.79. The van der Waals surface area contributed by atoms with Gasteiger partial charge in [-0.2, -0.15) is 0 Å². The summed E-state index contributed by atoms with van der Waals surface area (Å²) < 4.78 is 67.3. The summed E-state index contributed by atoms with van der Waals surface area (Å²) in [4.78, 5) is 23.9. The molecule has 2 aromatic carbocycles. The molecule has 2 bridgehead atoms. The molecule has 0 aromatic heterocycles. The lowest BCUT2D eigenvalue weighted by Gasteiger charge is -2.42. The molecule has 2 unspecified atom stereocenters. The standard InChI is InChI=1S/C25H25ClF3NO5S/c1-13(31)6-7-25(33)15-3-4-16(25)10-18(9-15)36(34,35)22-8-14(2-5-19(22)26)24(32)30-17-11-20(27)23(29)21(28)12-17/h2,5,8,11-12,15-16,18,33H,3-4,6-7,9-10H2,1H3,(H,30,32). The summed E-state index contributed by atoms with van der Waals surface area (Å²) in [6, 6.07) is 4.82. The van der Waals surface area contributed by atoms with E-state index in [4.69, 9.17) is 11.6 Å². The van der Waals surface area contributed by atoms with Crippen LogP contribution in [0, 0.1) is 29.3 Å². The maximum Gasteiger partial charge on any atom is 0.255 e. The van der Waals surface area contributed by atoms with E-state index in [0.717, 1.165) is 6.07 Å². The first-order valence-corrected chi connectivity index (χ1v) is 13.5. The van der Waals surface area contributed by atoms with Crippen molar-refractivity contribution in [3.05, 3.63) is 58.4 Å². The van der Waals surface area contributed by atoms with Crippen LogP contribution in [0.4, 0.5) is 18.9 Å². The minimum atomic E-state index is -4.01. The van der Waals surface area contributed by atoms with Crippen molar-refractivity contribution < 1.29 is 36.3 Å². The molecule has 0 heterocycles. The number of hydrogen-bond donors (Lipinski definition) is 2. The van der Waals surface area contributed by atoms with Crippen molar-refractivity contribution >= 4 is 38.8 Å². The predicted molar refractivity (Wildman–Crippen MR) is 127 cm³/mol. The molecule has 2 aliphatic rings. The Morgan fingerprint density at radius 2 is 1.67 bits per heavy atom. The number of fused-ring (bicyclic) bond motifs is 2. The van der Waals surface area contributed by atoms with Gasteiger partial charge in [0.1, 0.15) is 5.78 Å². The minimum Gasteiger partial charge on any atom is -0.389 e. The number of carbonyl (C=O) groups excluding carboxylic acids is 2. The molecule has 0 saturated heterocycles. The summed E-state index contributed by atoms with van der Waals surface area (Å²) in [5.41, 5.74) is -1.55. The van der Waals surface area contributed by atoms with Gasteiger partial charge in [0, 0.05) is 29.8 Å². The van der Waals surface area contributed by atoms with Crippen LogP contribution in [0.5, 0.6) is 0 Å². The lowest BCUT2D eigenvalue weighted by atomic mass is 9.71. The number of nitrogens with one attached hydrogen (secondary N) is 1. The Kier molecular flexibility index (Phi) is 7.24. The molecule has 194 valence electrons. The number of aliphatic hydroxyl groups is 1. The zero-order valence-corrected chi connectivity index (χ0v) is 20.9. The van der Waals surface area contributed by atoms with E-state index in [2.05, 4.69) is 5.32 Å². The Hall–Kier alpha value is -2.43. The first kappa shape index (κ1) is 26.6. The number of benzene rings is 2. The zero-order valence-electron chi connectivity index (χ0n) is 19.4. The molecular weight excluding hydrogens is 519 g/mol. The van der Waals surface area contributed by atoms with E-state index in [1.165, 1.54) is 19.1 Å². The fraction of sp³-hybridized carbons (Fsp3) is 0.440. The molecule has 36 heavy (non-hydrogen) atoms. The highest BCUT2D eigenvalue weighted by Crippen LogP contribution is 2.54. The van der Waals surface area contributed by atoms with Crippen LogP contribution in [0.3, 0.4) is 0 Å². The van der Waals surface area contributed by atoms with Crippen LogP contribution in [-0.2, 0) is 14.6 Å². The summed E-state index contributed by atoms with van der Waals surface area (Å²) in [7, 11) is -4.01. The summed E-state index contributed by atoms with van der Waals surface area (Å²) >= 11 is 6.21. The first-order valence-electron chi connectivity index (χ1n) is 11.5. The summed E-state index contributed by atoms with van der Waals surface area (Å²) in [5.74, 6) is -6.10. The largest absolute Gasteiger partial charge is 0.389 e. The summed E-state index contributed by atoms with van der Waals surface area (Å²) in [5, 5.41) is 12.5. The van der Waals surface area contributed by atoms with Gasteiger partial charge in [-0.1, -0.05) is 11.6 Å². The maximum absolute atomic E-state index is 13.6. The smallest absolute Gasteiger partial charge is 0.255 e. The molecule has 2 aromatic rings. The summed E-state index contributed by atoms with van der Waals surface area (Å²) in [6.07, 6.45) is 2.25. The van der Waals surface area contributed by atoms with Gasteiger partial charge < -0.3 is 15.2 Å². The van der Waals surface area contributed by atoms with Gasteiger partial charge in [0.25, 0.3) is 5.91 Å². The minimum absolute atomic E-state index is 0.0365. The van der Waals surface area contributed by atoms with E-state index >= 15 is 0 Å². The Labute approximate surface area is 211 Å². The van der Waals surface area contributed by atoms with Gasteiger partial charge >= 0.3 is 0 Å². The number of ketones is 1. The number of halogens is 4. The molecule has 0 aliphatic heterocycles. The third-order valence-electron chi connectivity index (χ3n) is 7.43. The van der Waals surface area contributed by atoms with Gasteiger partial charge in [0.15, 0.2) is 27.3 Å². The molecule has 2 N–H and O–H groups in total. The van der Waals surface area contributed by atoms with Gasteiger partial charge in [-0.25, -0.2) is 21.6 Å². The van der Waals surface area contributed by atoms with Crippen molar-refractivity contribution in [3.63, 3.8) is 0 Å². The van der Waals surface area contributed by atoms with Crippen LogP contribution >= 0.6 is 11.6 Å². The monoisotopic (exact) mass is 543 g/mol. The zero-order chi connectivity index (χ0) is 26.4. The molecule has 2 fully saturated rings. The molecule has 1 amide bonds. The van der Waals surface area contributed by atoms with Crippen molar-refractivity contribution in [1.29, 1.82) is 0 Å². The van der Waals surface area contributed by atoms with E-state index in [9.17, 15) is 36.3 Å². The fourth-order valence-electron chi connectivity index (χ4n) is 5.52. The second-order valence-corrected chi connectivity index (χ2v) is 12.3. The predicted octanol–water partition coefficient (Wildman–Crippen LogP) is 5.07. The van der Waals surface area contributed by atoms with Crippen LogP contribution in [0.15, 0.2) is 35.2 Å². The number of hydrogen-bond acceptors (Lipinski definition) is 5. The van der Waals surface area contributed by atoms with E-state index in [1.54, 1.807) is 0 Å². The van der Waals surface area contributed by atoms with Crippen LogP contribution in [-0.4, -0.2) is 36.1 Å². The van der Waals surface area contributed by atoms with E-state index in [1.807, 2.05) is 0 Å². The number of carbonyl (C=O) groups is 2. The van der Waals surface area contributed by atoms with Gasteiger partial charge in [-0.3, -0.25) is 4.79 Å². The normalized spacial score (nSPS) is 25.6. The molecule has 11 heteroatoms. The van der Waals surface area contributed by atoms with E-state index in [-0.39, 0.29) is 58.1 Å². The van der Waals surface area contributed by atoms with Crippen LogP contribution in [0.1, 0.15) is 55.8 Å². The van der Waals surface area contributed by atoms with Crippen molar-refractivity contribution in [2.45, 2.75) is 61.2 Å². The molecule has 4 rings (SSSR count).